The predicted octanol–water partition coefficient (Wildman–Crippen LogP) is 1.78. The average molecular weight is 427 g/mol. The van der Waals surface area contributed by atoms with Crippen molar-refractivity contribution in [2.45, 2.75) is 71.1 Å². The van der Waals surface area contributed by atoms with Gasteiger partial charge in [0, 0.05) is 5.92 Å². The third-order valence-corrected chi connectivity index (χ3v) is 5.69. The molecule has 0 aromatic rings. The van der Waals surface area contributed by atoms with E-state index in [0.717, 1.165) is 0 Å². The number of fused-ring (bicyclic) bond motifs is 1. The summed E-state index contributed by atoms with van der Waals surface area (Å²) in [6, 6.07) is -0.893. The molecule has 2 fully saturated rings. The number of carbonyl (C=O) groups is 4. The summed E-state index contributed by atoms with van der Waals surface area (Å²) in [4.78, 5) is 50.2. The van der Waals surface area contributed by atoms with Gasteiger partial charge in [0.15, 0.2) is 0 Å². The largest absolute Gasteiger partial charge is 0.469 e. The molecule has 0 heterocycles. The number of alkyl carbamates (subject to hydrolysis) is 1. The van der Waals surface area contributed by atoms with E-state index in [1.807, 2.05) is 13.8 Å². The van der Waals surface area contributed by atoms with Crippen LogP contribution in [0.1, 0.15) is 53.9 Å². The molecule has 0 bridgehead atoms. The zero-order valence-corrected chi connectivity index (χ0v) is 18.9. The lowest BCUT2D eigenvalue weighted by Crippen LogP contribution is -2.61. The summed E-state index contributed by atoms with van der Waals surface area (Å²) >= 11 is 0. The zero-order chi connectivity index (χ0) is 22.9. The van der Waals surface area contributed by atoms with Crippen molar-refractivity contribution >= 4 is 23.9 Å². The maximum atomic E-state index is 13.2. The maximum absolute atomic E-state index is 13.2. The zero-order valence-electron chi connectivity index (χ0n) is 18.9. The van der Waals surface area contributed by atoms with Crippen molar-refractivity contribution in [2.24, 2.45) is 23.7 Å². The Labute approximate surface area is 177 Å². The van der Waals surface area contributed by atoms with Gasteiger partial charge in [0.1, 0.15) is 17.2 Å². The van der Waals surface area contributed by atoms with Crippen LogP contribution in [0.3, 0.4) is 0 Å². The summed E-state index contributed by atoms with van der Waals surface area (Å²) in [7, 11) is 2.56. The van der Waals surface area contributed by atoms with Gasteiger partial charge in [0.2, 0.25) is 5.91 Å². The van der Waals surface area contributed by atoms with Crippen LogP contribution in [0.15, 0.2) is 0 Å². The SMILES string of the molecule is COC(=O)[C@H]1[C@@H]2CC[C@@](NC(=O)[C@H](CC(C)C)NC(=O)OC(C)(C)C)(C(=O)OC)[C@@H]21. The molecule has 2 saturated carbocycles. The van der Waals surface area contributed by atoms with Gasteiger partial charge in [-0.25, -0.2) is 9.59 Å². The van der Waals surface area contributed by atoms with Crippen molar-refractivity contribution in [3.05, 3.63) is 0 Å². The Balaban J connectivity index is 2.21. The fraction of sp³-hybridized carbons (Fsp3) is 0.810. The van der Waals surface area contributed by atoms with Crippen LogP contribution >= 0.6 is 0 Å². The summed E-state index contributed by atoms with van der Waals surface area (Å²) in [5, 5.41) is 5.44. The first-order chi connectivity index (χ1) is 13.9. The summed E-state index contributed by atoms with van der Waals surface area (Å²) < 4.78 is 15.1. The highest BCUT2D eigenvalue weighted by molar-refractivity contribution is 5.94. The van der Waals surface area contributed by atoms with Gasteiger partial charge < -0.3 is 24.8 Å². The van der Waals surface area contributed by atoms with Gasteiger partial charge in [-0.3, -0.25) is 9.59 Å². The first-order valence-electron chi connectivity index (χ1n) is 10.3. The lowest BCUT2D eigenvalue weighted by Gasteiger charge is -2.32. The lowest BCUT2D eigenvalue weighted by molar-refractivity contribution is -0.153. The molecule has 9 nitrogen and oxygen atoms in total. The molecule has 2 aliphatic carbocycles. The molecule has 2 N–H and O–H groups in total. The molecule has 0 radical (unpaired) electrons. The maximum Gasteiger partial charge on any atom is 0.408 e. The average Bonchev–Trinajstić information content (AvgIpc) is 3.25. The Hall–Kier alpha value is -2.32. The molecule has 0 saturated heterocycles. The summed E-state index contributed by atoms with van der Waals surface area (Å²) in [5.74, 6) is -2.22. The van der Waals surface area contributed by atoms with Gasteiger partial charge in [0.25, 0.3) is 0 Å². The van der Waals surface area contributed by atoms with Crippen LogP contribution in [0, 0.1) is 23.7 Å². The molecule has 0 aliphatic heterocycles. The van der Waals surface area contributed by atoms with Crippen LogP contribution in [0.2, 0.25) is 0 Å². The van der Waals surface area contributed by atoms with Crippen molar-refractivity contribution in [1.29, 1.82) is 0 Å². The number of hydrogen-bond donors (Lipinski definition) is 2. The molecule has 30 heavy (non-hydrogen) atoms. The monoisotopic (exact) mass is 426 g/mol. The molecule has 2 aliphatic rings. The topological polar surface area (TPSA) is 120 Å². The van der Waals surface area contributed by atoms with Gasteiger partial charge in [-0.15, -0.1) is 0 Å². The van der Waals surface area contributed by atoms with E-state index in [0.29, 0.717) is 19.3 Å². The number of ether oxygens (including phenoxy) is 3. The lowest BCUT2D eigenvalue weighted by atomic mass is 9.89. The van der Waals surface area contributed by atoms with E-state index < -0.39 is 47.0 Å². The van der Waals surface area contributed by atoms with Crippen molar-refractivity contribution in [1.82, 2.24) is 10.6 Å². The number of hydrogen-bond acceptors (Lipinski definition) is 7. The second kappa shape index (κ2) is 8.81. The molecule has 0 spiro atoms. The van der Waals surface area contributed by atoms with Gasteiger partial charge >= 0.3 is 18.0 Å². The Kier molecular flexibility index (Phi) is 7.04. The Bertz CT molecular complexity index is 700. The Morgan fingerprint density at radius 3 is 2.23 bits per heavy atom. The van der Waals surface area contributed by atoms with Gasteiger partial charge in [0.05, 0.1) is 20.1 Å². The minimum atomic E-state index is -1.31. The summed E-state index contributed by atoms with van der Waals surface area (Å²) in [6.07, 6.45) is 0.624. The first-order valence-corrected chi connectivity index (χ1v) is 10.3. The van der Waals surface area contributed by atoms with Gasteiger partial charge in [-0.2, -0.15) is 0 Å². The van der Waals surface area contributed by atoms with E-state index in [4.69, 9.17) is 14.2 Å². The number of rotatable bonds is 7. The molecule has 2 amide bonds. The number of methoxy groups -OCH3 is 2. The number of amides is 2. The quantitative estimate of drug-likeness (QED) is 0.470. The Morgan fingerprint density at radius 1 is 1.10 bits per heavy atom. The molecule has 2 rings (SSSR count). The van der Waals surface area contributed by atoms with Crippen LogP contribution in [0.5, 0.6) is 0 Å². The van der Waals surface area contributed by atoms with Crippen molar-refractivity contribution in [3.63, 3.8) is 0 Å². The minimum absolute atomic E-state index is 0.0285. The molecule has 5 atom stereocenters. The molecule has 0 aromatic carbocycles. The molecule has 0 aromatic heterocycles. The summed E-state index contributed by atoms with van der Waals surface area (Å²) in [6.45, 7) is 9.04. The van der Waals surface area contributed by atoms with Gasteiger partial charge in [-0.1, -0.05) is 13.8 Å². The molecule has 0 unspecified atom stereocenters. The van der Waals surface area contributed by atoms with Crippen LogP contribution in [-0.2, 0) is 28.6 Å². The van der Waals surface area contributed by atoms with Crippen LogP contribution < -0.4 is 10.6 Å². The predicted molar refractivity (Wildman–Crippen MR) is 107 cm³/mol. The third-order valence-electron chi connectivity index (χ3n) is 5.69. The first kappa shape index (κ1) is 24.0. The van der Waals surface area contributed by atoms with Crippen LogP contribution in [-0.4, -0.2) is 55.3 Å². The second-order valence-electron chi connectivity index (χ2n) is 9.56. The van der Waals surface area contributed by atoms with E-state index in [1.165, 1.54) is 14.2 Å². The molecular weight excluding hydrogens is 392 g/mol. The second-order valence-corrected chi connectivity index (χ2v) is 9.56. The highest BCUT2D eigenvalue weighted by Crippen LogP contribution is 2.63. The van der Waals surface area contributed by atoms with Gasteiger partial charge in [-0.05, 0) is 51.9 Å². The minimum Gasteiger partial charge on any atom is -0.469 e. The van der Waals surface area contributed by atoms with Crippen LogP contribution in [0.25, 0.3) is 0 Å². The van der Waals surface area contributed by atoms with Crippen molar-refractivity contribution in [2.75, 3.05) is 14.2 Å². The number of nitrogens with one attached hydrogen (secondary N) is 2. The smallest absolute Gasteiger partial charge is 0.408 e. The highest BCUT2D eigenvalue weighted by Gasteiger charge is 2.72. The standard InChI is InChI=1S/C21H34N2O7/c1-11(2)10-13(22-19(27)30-20(3,4)5)16(24)23-21(18(26)29-7)9-8-12-14(15(12)21)17(25)28-6/h11-15H,8-10H2,1-7H3,(H,22,27)(H,23,24)/t12-,13-,14-,15-,21-/m0/s1. The van der Waals surface area contributed by atoms with E-state index in [-0.39, 0.29) is 17.8 Å². The summed E-state index contributed by atoms with van der Waals surface area (Å²) in [5.41, 5.74) is -2.02. The van der Waals surface area contributed by atoms with E-state index in [9.17, 15) is 19.2 Å². The number of carbonyl (C=O) groups excluding carboxylic acids is 4. The van der Waals surface area contributed by atoms with E-state index >= 15 is 0 Å². The fourth-order valence-corrected chi connectivity index (χ4v) is 4.50. The third kappa shape index (κ3) is 5.05. The van der Waals surface area contributed by atoms with E-state index in [2.05, 4.69) is 10.6 Å². The van der Waals surface area contributed by atoms with Crippen molar-refractivity contribution in [3.8, 4) is 0 Å². The normalized spacial score (nSPS) is 28.2. The molecule has 170 valence electrons. The van der Waals surface area contributed by atoms with Crippen molar-refractivity contribution < 1.29 is 33.4 Å². The Morgan fingerprint density at radius 2 is 1.73 bits per heavy atom. The molecule has 9 heteroatoms. The van der Waals surface area contributed by atoms with E-state index in [1.54, 1.807) is 20.8 Å². The van der Waals surface area contributed by atoms with Crippen LogP contribution in [0.4, 0.5) is 4.79 Å². The number of esters is 2. The fourth-order valence-electron chi connectivity index (χ4n) is 4.50. The molecular formula is C21H34N2O7. The highest BCUT2D eigenvalue weighted by atomic mass is 16.6.